The standard InChI is InChI=1S/C23H34N2O5/c1-14(2)4-5-22(3)20(28)25(21(29)24-22)12-19(27)30-13-18(26)23-9-15-6-16(10-23)8-17(7-15)11-23/h14-17H,4-13H2,1-3H3,(H,24,29)/t15?,16?,17?,22-,23?/m0/s1. The molecule has 0 aromatic carbocycles. The maximum atomic E-state index is 13.0. The zero-order valence-electron chi connectivity index (χ0n) is 18.4. The highest BCUT2D eigenvalue weighted by Gasteiger charge is 2.54. The molecule has 4 aliphatic carbocycles. The van der Waals surface area contributed by atoms with Crippen LogP contribution in [-0.2, 0) is 19.1 Å². The first-order valence-corrected chi connectivity index (χ1v) is 11.4. The Morgan fingerprint density at radius 1 is 1.10 bits per heavy atom. The van der Waals surface area contributed by atoms with Crippen molar-refractivity contribution >= 4 is 23.7 Å². The summed E-state index contributed by atoms with van der Waals surface area (Å²) in [5, 5.41) is 2.71. The second-order valence-electron chi connectivity index (χ2n) is 10.9. The number of imide groups is 1. The predicted octanol–water partition coefficient (Wildman–Crippen LogP) is 3.06. The molecule has 5 aliphatic rings. The van der Waals surface area contributed by atoms with E-state index in [9.17, 15) is 19.2 Å². The lowest BCUT2D eigenvalue weighted by Crippen LogP contribution is -2.51. The summed E-state index contributed by atoms with van der Waals surface area (Å²) >= 11 is 0. The van der Waals surface area contributed by atoms with Gasteiger partial charge in [-0.05, 0) is 82.0 Å². The van der Waals surface area contributed by atoms with Crippen molar-refractivity contribution in [1.29, 1.82) is 0 Å². The van der Waals surface area contributed by atoms with E-state index in [1.165, 1.54) is 19.3 Å². The Morgan fingerprint density at radius 3 is 2.20 bits per heavy atom. The number of amides is 3. The number of nitrogens with zero attached hydrogens (tertiary/aromatic N) is 1. The lowest BCUT2D eigenvalue weighted by molar-refractivity contribution is -0.158. The Bertz CT molecular complexity index is 725. The lowest BCUT2D eigenvalue weighted by atomic mass is 9.48. The number of nitrogens with one attached hydrogen (secondary N) is 1. The molecule has 0 unspecified atom stereocenters. The number of urea groups is 1. The Kier molecular flexibility index (Phi) is 5.43. The highest BCUT2D eigenvalue weighted by Crippen LogP contribution is 2.60. The van der Waals surface area contributed by atoms with E-state index in [1.54, 1.807) is 6.92 Å². The van der Waals surface area contributed by atoms with E-state index in [1.807, 2.05) is 0 Å². The molecule has 0 radical (unpaired) electrons. The summed E-state index contributed by atoms with van der Waals surface area (Å²) in [4.78, 5) is 51.2. The van der Waals surface area contributed by atoms with Crippen LogP contribution in [0.1, 0.15) is 72.1 Å². The molecule has 1 atom stereocenters. The van der Waals surface area contributed by atoms with E-state index >= 15 is 0 Å². The van der Waals surface area contributed by atoms with Crippen LogP contribution < -0.4 is 5.32 Å². The van der Waals surface area contributed by atoms with E-state index < -0.39 is 30.0 Å². The topological polar surface area (TPSA) is 92.8 Å². The molecule has 166 valence electrons. The molecule has 5 rings (SSSR count). The van der Waals surface area contributed by atoms with Crippen LogP contribution in [-0.4, -0.2) is 47.3 Å². The van der Waals surface area contributed by atoms with E-state index in [2.05, 4.69) is 19.2 Å². The molecular formula is C23H34N2O5. The molecule has 5 fully saturated rings. The van der Waals surface area contributed by atoms with Gasteiger partial charge in [-0.1, -0.05) is 13.8 Å². The molecule has 1 aliphatic heterocycles. The zero-order valence-corrected chi connectivity index (χ0v) is 18.4. The van der Waals surface area contributed by atoms with Crippen molar-refractivity contribution in [3.05, 3.63) is 0 Å². The molecular weight excluding hydrogens is 384 g/mol. The number of carbonyl (C=O) groups is 4. The largest absolute Gasteiger partial charge is 0.456 e. The molecule has 1 heterocycles. The SMILES string of the molecule is CC(C)CC[C@]1(C)NC(=O)N(CC(=O)OCC(=O)C23CC4CC(CC(C4)C2)C3)C1=O. The van der Waals surface area contributed by atoms with Crippen molar-refractivity contribution in [3.63, 3.8) is 0 Å². The predicted molar refractivity (Wildman–Crippen MR) is 109 cm³/mol. The molecule has 4 bridgehead atoms. The summed E-state index contributed by atoms with van der Waals surface area (Å²) in [5.41, 5.74) is -1.30. The van der Waals surface area contributed by atoms with Gasteiger partial charge in [-0.3, -0.25) is 19.3 Å². The van der Waals surface area contributed by atoms with E-state index in [0.717, 1.165) is 30.6 Å². The molecule has 0 aromatic rings. The zero-order chi connectivity index (χ0) is 21.7. The molecule has 1 saturated heterocycles. The number of carbonyl (C=O) groups excluding carboxylic acids is 4. The first kappa shape index (κ1) is 21.3. The Balaban J connectivity index is 1.30. The summed E-state index contributed by atoms with van der Waals surface area (Å²) in [7, 11) is 0. The van der Waals surface area contributed by atoms with Gasteiger partial charge in [0, 0.05) is 5.41 Å². The van der Waals surface area contributed by atoms with Gasteiger partial charge in [0.1, 0.15) is 12.1 Å². The number of rotatable bonds is 8. The van der Waals surface area contributed by atoms with Crippen LogP contribution in [0.25, 0.3) is 0 Å². The summed E-state index contributed by atoms with van der Waals surface area (Å²) in [5.74, 6) is 1.25. The minimum Gasteiger partial charge on any atom is -0.456 e. The van der Waals surface area contributed by atoms with Crippen molar-refractivity contribution in [2.45, 2.75) is 77.7 Å². The Hall–Kier alpha value is -1.92. The van der Waals surface area contributed by atoms with Gasteiger partial charge in [0.2, 0.25) is 0 Å². The molecule has 7 heteroatoms. The van der Waals surface area contributed by atoms with Crippen molar-refractivity contribution in [1.82, 2.24) is 10.2 Å². The quantitative estimate of drug-likeness (QED) is 0.483. The van der Waals surface area contributed by atoms with Gasteiger partial charge in [0.05, 0.1) is 0 Å². The van der Waals surface area contributed by atoms with Crippen molar-refractivity contribution in [2.24, 2.45) is 29.1 Å². The smallest absolute Gasteiger partial charge is 0.326 e. The normalized spacial score (nSPS) is 37.1. The van der Waals surface area contributed by atoms with Gasteiger partial charge < -0.3 is 10.1 Å². The number of hydrogen-bond acceptors (Lipinski definition) is 5. The number of Topliss-reactive ketones (excluding diaryl/α,β-unsaturated/α-hetero) is 1. The van der Waals surface area contributed by atoms with Gasteiger partial charge in [-0.15, -0.1) is 0 Å². The third-order valence-electron chi connectivity index (χ3n) is 7.85. The maximum Gasteiger partial charge on any atom is 0.326 e. The Labute approximate surface area is 178 Å². The van der Waals surface area contributed by atoms with Crippen LogP contribution in [0.5, 0.6) is 0 Å². The van der Waals surface area contributed by atoms with Crippen molar-refractivity contribution in [2.75, 3.05) is 13.2 Å². The van der Waals surface area contributed by atoms with Crippen LogP contribution in [0, 0.1) is 29.1 Å². The average molecular weight is 419 g/mol. The van der Waals surface area contributed by atoms with Crippen molar-refractivity contribution < 1.29 is 23.9 Å². The third-order valence-corrected chi connectivity index (χ3v) is 7.85. The fourth-order valence-corrected chi connectivity index (χ4v) is 6.56. The molecule has 4 saturated carbocycles. The van der Waals surface area contributed by atoms with Crippen LogP contribution >= 0.6 is 0 Å². The summed E-state index contributed by atoms with van der Waals surface area (Å²) in [6, 6.07) is -0.574. The molecule has 0 spiro atoms. The fourth-order valence-electron chi connectivity index (χ4n) is 6.56. The fraction of sp³-hybridized carbons (Fsp3) is 0.826. The van der Waals surface area contributed by atoms with Gasteiger partial charge in [-0.25, -0.2) is 4.79 Å². The van der Waals surface area contributed by atoms with Crippen molar-refractivity contribution in [3.8, 4) is 0 Å². The van der Waals surface area contributed by atoms with Gasteiger partial charge >= 0.3 is 12.0 Å². The number of ether oxygens (including phenoxy) is 1. The van der Waals surface area contributed by atoms with Crippen LogP contribution in [0.3, 0.4) is 0 Å². The Morgan fingerprint density at radius 2 is 1.67 bits per heavy atom. The van der Waals surface area contributed by atoms with Gasteiger partial charge in [0.25, 0.3) is 5.91 Å². The van der Waals surface area contributed by atoms with Gasteiger partial charge in [0.15, 0.2) is 12.4 Å². The second kappa shape index (κ2) is 7.65. The number of hydrogen-bond donors (Lipinski definition) is 1. The first-order chi connectivity index (χ1) is 14.1. The van der Waals surface area contributed by atoms with Crippen LogP contribution in [0.15, 0.2) is 0 Å². The highest BCUT2D eigenvalue weighted by molar-refractivity contribution is 6.08. The monoisotopic (exact) mass is 418 g/mol. The third kappa shape index (κ3) is 3.87. The molecule has 30 heavy (non-hydrogen) atoms. The highest BCUT2D eigenvalue weighted by atomic mass is 16.5. The molecule has 7 nitrogen and oxygen atoms in total. The summed E-state index contributed by atoms with van der Waals surface area (Å²) in [6.45, 7) is 5.11. The average Bonchev–Trinajstić information content (AvgIpc) is 2.87. The maximum absolute atomic E-state index is 13.0. The first-order valence-electron chi connectivity index (χ1n) is 11.4. The number of esters is 1. The minimum absolute atomic E-state index is 0.0221. The van der Waals surface area contributed by atoms with E-state index in [0.29, 0.717) is 30.1 Å². The lowest BCUT2D eigenvalue weighted by Gasteiger charge is -2.55. The van der Waals surface area contributed by atoms with Crippen LogP contribution in [0.4, 0.5) is 4.79 Å². The second-order valence-corrected chi connectivity index (χ2v) is 10.9. The molecule has 3 amide bonds. The van der Waals surface area contributed by atoms with Gasteiger partial charge in [-0.2, -0.15) is 0 Å². The summed E-state index contributed by atoms with van der Waals surface area (Å²) < 4.78 is 5.26. The van der Waals surface area contributed by atoms with Crippen LogP contribution in [0.2, 0.25) is 0 Å². The van der Waals surface area contributed by atoms with E-state index in [-0.39, 0.29) is 17.8 Å². The van der Waals surface area contributed by atoms with E-state index in [4.69, 9.17) is 4.74 Å². The molecule has 1 N–H and O–H groups in total. The minimum atomic E-state index is -0.989. The number of ketones is 1. The summed E-state index contributed by atoms with van der Waals surface area (Å²) in [6.07, 6.45) is 7.83. The molecule has 0 aromatic heterocycles.